The van der Waals surface area contributed by atoms with E-state index in [1.807, 2.05) is 19.2 Å². The largest absolute Gasteiger partial charge is 0.348 e. The normalized spacial score (nSPS) is 15.2. The highest BCUT2D eigenvalue weighted by molar-refractivity contribution is 5.99. The molecule has 0 aromatic carbocycles. The molecular formula is C14H17N5O. The zero-order chi connectivity index (χ0) is 13.9. The van der Waals surface area contributed by atoms with Crippen LogP contribution in [0.4, 0.5) is 0 Å². The second-order valence-electron chi connectivity index (χ2n) is 4.89. The van der Waals surface area contributed by atoms with Crippen molar-refractivity contribution in [2.24, 2.45) is 0 Å². The molecule has 0 aliphatic carbocycles. The molecule has 2 aromatic rings. The number of aromatic nitrogens is 3. The lowest BCUT2D eigenvalue weighted by atomic mass is 10.1. The number of fused-ring (bicyclic) bond motifs is 1. The monoisotopic (exact) mass is 271 g/mol. The van der Waals surface area contributed by atoms with Gasteiger partial charge in [-0.15, -0.1) is 0 Å². The van der Waals surface area contributed by atoms with Crippen molar-refractivity contribution in [1.29, 1.82) is 0 Å². The van der Waals surface area contributed by atoms with Crippen molar-refractivity contribution in [2.75, 3.05) is 19.6 Å². The van der Waals surface area contributed by atoms with E-state index >= 15 is 0 Å². The molecule has 0 bridgehead atoms. The third kappa shape index (κ3) is 2.55. The van der Waals surface area contributed by atoms with Gasteiger partial charge >= 0.3 is 0 Å². The van der Waals surface area contributed by atoms with Gasteiger partial charge in [0.15, 0.2) is 5.65 Å². The van der Waals surface area contributed by atoms with Gasteiger partial charge in [-0.25, -0.2) is 9.50 Å². The quantitative estimate of drug-likeness (QED) is 0.806. The molecule has 6 heteroatoms. The number of carbonyl (C=O) groups is 1. The fourth-order valence-electron chi connectivity index (χ4n) is 2.24. The van der Waals surface area contributed by atoms with Gasteiger partial charge in [-0.05, 0) is 26.0 Å². The summed E-state index contributed by atoms with van der Waals surface area (Å²) in [4.78, 5) is 16.6. The van der Waals surface area contributed by atoms with Gasteiger partial charge < -0.3 is 10.6 Å². The van der Waals surface area contributed by atoms with E-state index in [4.69, 9.17) is 0 Å². The van der Waals surface area contributed by atoms with Gasteiger partial charge in [0.2, 0.25) is 0 Å². The van der Waals surface area contributed by atoms with Crippen LogP contribution in [0.3, 0.4) is 0 Å². The van der Waals surface area contributed by atoms with Gasteiger partial charge in [-0.3, -0.25) is 4.79 Å². The summed E-state index contributed by atoms with van der Waals surface area (Å²) in [6.07, 6.45) is 6.48. The van der Waals surface area contributed by atoms with Crippen LogP contribution in [0.15, 0.2) is 30.1 Å². The Kier molecular flexibility index (Phi) is 3.47. The molecule has 0 fully saturated rings. The van der Waals surface area contributed by atoms with Crippen molar-refractivity contribution >= 4 is 11.6 Å². The van der Waals surface area contributed by atoms with Gasteiger partial charge in [-0.2, -0.15) is 5.10 Å². The summed E-state index contributed by atoms with van der Waals surface area (Å²) in [5.41, 5.74) is 3.25. The Morgan fingerprint density at radius 1 is 1.55 bits per heavy atom. The molecule has 1 aliphatic heterocycles. The maximum absolute atomic E-state index is 12.2. The molecule has 0 radical (unpaired) electrons. The number of nitrogens with zero attached hydrogens (tertiary/aromatic N) is 3. The minimum atomic E-state index is -0.127. The Morgan fingerprint density at radius 3 is 3.25 bits per heavy atom. The van der Waals surface area contributed by atoms with Crippen LogP contribution in [-0.2, 0) is 0 Å². The Balaban J connectivity index is 1.75. The Hall–Kier alpha value is -2.21. The molecule has 2 N–H and O–H groups in total. The second kappa shape index (κ2) is 5.42. The first-order valence-electron chi connectivity index (χ1n) is 6.72. The molecule has 104 valence electrons. The summed E-state index contributed by atoms with van der Waals surface area (Å²) in [5.74, 6) is -0.127. The molecule has 6 nitrogen and oxygen atoms in total. The first-order valence-corrected chi connectivity index (χ1v) is 6.72. The van der Waals surface area contributed by atoms with Crippen LogP contribution < -0.4 is 10.6 Å². The van der Waals surface area contributed by atoms with E-state index < -0.39 is 0 Å². The van der Waals surface area contributed by atoms with Crippen molar-refractivity contribution in [1.82, 2.24) is 25.2 Å². The fraction of sp³-hybridized carbons (Fsp3) is 0.357. The van der Waals surface area contributed by atoms with Gasteiger partial charge in [0.25, 0.3) is 5.91 Å². The number of amides is 1. The van der Waals surface area contributed by atoms with E-state index in [2.05, 4.69) is 26.8 Å². The maximum atomic E-state index is 12.2. The summed E-state index contributed by atoms with van der Waals surface area (Å²) in [6.45, 7) is 4.33. The third-order valence-corrected chi connectivity index (χ3v) is 3.39. The Morgan fingerprint density at radius 2 is 2.45 bits per heavy atom. The summed E-state index contributed by atoms with van der Waals surface area (Å²) in [7, 11) is 0. The summed E-state index contributed by atoms with van der Waals surface area (Å²) < 4.78 is 1.62. The first-order chi connectivity index (χ1) is 9.74. The highest BCUT2D eigenvalue weighted by Crippen LogP contribution is 2.09. The van der Waals surface area contributed by atoms with Crippen LogP contribution >= 0.6 is 0 Å². The number of hydrogen-bond donors (Lipinski definition) is 2. The third-order valence-electron chi connectivity index (χ3n) is 3.39. The van der Waals surface area contributed by atoms with Crippen LogP contribution in [0.25, 0.3) is 5.65 Å². The predicted molar refractivity (Wildman–Crippen MR) is 75.6 cm³/mol. The molecule has 0 saturated carbocycles. The maximum Gasteiger partial charge on any atom is 0.257 e. The number of carbonyl (C=O) groups excluding carboxylic acids is 1. The zero-order valence-electron chi connectivity index (χ0n) is 11.4. The van der Waals surface area contributed by atoms with Crippen molar-refractivity contribution < 1.29 is 4.79 Å². The molecule has 3 rings (SSSR count). The standard InChI is InChI=1S/C14H17N5O/c1-10-4-7-19-13(18-10)12(9-17-19)14(20)16-8-11-2-5-15-6-3-11/h2,4,7,9,15H,3,5-6,8H2,1H3,(H,16,20). The Bertz CT molecular complexity index is 673. The van der Waals surface area contributed by atoms with Crippen molar-refractivity contribution in [3.8, 4) is 0 Å². The molecule has 2 aromatic heterocycles. The highest BCUT2D eigenvalue weighted by atomic mass is 16.1. The van der Waals surface area contributed by atoms with Crippen LogP contribution in [0, 0.1) is 6.92 Å². The number of nitrogens with one attached hydrogen (secondary N) is 2. The van der Waals surface area contributed by atoms with Crippen LogP contribution in [0.1, 0.15) is 22.5 Å². The van der Waals surface area contributed by atoms with Crippen molar-refractivity contribution in [3.63, 3.8) is 0 Å². The molecule has 3 heterocycles. The van der Waals surface area contributed by atoms with Crippen molar-refractivity contribution in [2.45, 2.75) is 13.3 Å². The average molecular weight is 271 g/mol. The number of rotatable bonds is 3. The van der Waals surface area contributed by atoms with E-state index in [0.717, 1.165) is 25.2 Å². The minimum absolute atomic E-state index is 0.127. The molecule has 20 heavy (non-hydrogen) atoms. The topological polar surface area (TPSA) is 71.3 Å². The fourth-order valence-corrected chi connectivity index (χ4v) is 2.24. The molecule has 1 aliphatic rings. The molecule has 0 spiro atoms. The highest BCUT2D eigenvalue weighted by Gasteiger charge is 2.14. The predicted octanol–water partition coefficient (Wildman–Crippen LogP) is 0.687. The van der Waals surface area contributed by atoms with Crippen LogP contribution in [-0.4, -0.2) is 40.1 Å². The summed E-state index contributed by atoms with van der Waals surface area (Å²) in [6, 6.07) is 1.86. The lowest BCUT2D eigenvalue weighted by Gasteiger charge is -2.14. The van der Waals surface area contributed by atoms with E-state index in [-0.39, 0.29) is 5.91 Å². The lowest BCUT2D eigenvalue weighted by molar-refractivity contribution is 0.0958. The van der Waals surface area contributed by atoms with E-state index in [1.54, 1.807) is 10.7 Å². The summed E-state index contributed by atoms with van der Waals surface area (Å²) >= 11 is 0. The summed E-state index contributed by atoms with van der Waals surface area (Å²) in [5, 5.41) is 10.3. The molecule has 1 amide bonds. The molecule has 0 atom stereocenters. The average Bonchev–Trinajstić information content (AvgIpc) is 2.89. The van der Waals surface area contributed by atoms with E-state index in [9.17, 15) is 4.79 Å². The number of hydrogen-bond acceptors (Lipinski definition) is 4. The van der Waals surface area contributed by atoms with Gasteiger partial charge in [0, 0.05) is 25.0 Å². The second-order valence-corrected chi connectivity index (χ2v) is 4.89. The van der Waals surface area contributed by atoms with Crippen LogP contribution in [0.2, 0.25) is 0 Å². The van der Waals surface area contributed by atoms with Crippen LogP contribution in [0.5, 0.6) is 0 Å². The van der Waals surface area contributed by atoms with Crippen molar-refractivity contribution in [3.05, 3.63) is 41.4 Å². The molecule has 0 saturated heterocycles. The lowest BCUT2D eigenvalue weighted by Crippen LogP contribution is -2.29. The first kappa shape index (κ1) is 12.8. The SMILES string of the molecule is Cc1ccn2ncc(C(=O)NCC3=CCNCC3)c2n1. The zero-order valence-corrected chi connectivity index (χ0v) is 11.4. The Labute approximate surface area is 116 Å². The van der Waals surface area contributed by atoms with Gasteiger partial charge in [-0.1, -0.05) is 11.6 Å². The van der Waals surface area contributed by atoms with E-state index in [0.29, 0.717) is 17.8 Å². The van der Waals surface area contributed by atoms with Gasteiger partial charge in [0.1, 0.15) is 5.56 Å². The van der Waals surface area contributed by atoms with E-state index in [1.165, 1.54) is 5.57 Å². The minimum Gasteiger partial charge on any atom is -0.348 e. The molecular weight excluding hydrogens is 254 g/mol. The van der Waals surface area contributed by atoms with Gasteiger partial charge in [0.05, 0.1) is 6.20 Å². The smallest absolute Gasteiger partial charge is 0.257 e. The number of aryl methyl sites for hydroxylation is 1. The molecule has 0 unspecified atom stereocenters.